The first-order valence-electron chi connectivity index (χ1n) is 12.8. The van der Waals surface area contributed by atoms with Gasteiger partial charge >= 0.3 is 0 Å². The van der Waals surface area contributed by atoms with Crippen molar-refractivity contribution < 1.29 is 0 Å². The largest absolute Gasteiger partial charge is 0.135 e. The molecule has 38 heavy (non-hydrogen) atoms. The fourth-order valence-electron chi connectivity index (χ4n) is 5.59. The lowest BCUT2D eigenvalue weighted by atomic mass is 9.96. The van der Waals surface area contributed by atoms with Gasteiger partial charge in [-0.15, -0.1) is 22.7 Å². The minimum atomic E-state index is 1.06. The van der Waals surface area contributed by atoms with E-state index in [0.29, 0.717) is 0 Å². The SMILES string of the molecule is C=C(c1ccc(-c2ccc3sc4cc5ccccc5cc4c3c2)cc1)c1ccc2c(c1)sc1ccccc12. The second-order valence-electron chi connectivity index (χ2n) is 9.87. The van der Waals surface area contributed by atoms with Gasteiger partial charge in [0.25, 0.3) is 0 Å². The molecular weight excluding hydrogens is 497 g/mol. The van der Waals surface area contributed by atoms with Gasteiger partial charge in [0.15, 0.2) is 0 Å². The van der Waals surface area contributed by atoms with Gasteiger partial charge in [-0.2, -0.15) is 0 Å². The van der Waals surface area contributed by atoms with Crippen LogP contribution < -0.4 is 0 Å². The molecule has 0 fully saturated rings. The van der Waals surface area contributed by atoms with E-state index in [-0.39, 0.29) is 0 Å². The number of thiophene rings is 2. The average molecular weight is 519 g/mol. The van der Waals surface area contributed by atoms with Crippen molar-refractivity contribution >= 4 is 79.4 Å². The topological polar surface area (TPSA) is 0 Å². The van der Waals surface area contributed by atoms with Gasteiger partial charge < -0.3 is 0 Å². The predicted octanol–water partition coefficient (Wildman–Crippen LogP) is 11.3. The van der Waals surface area contributed by atoms with Crippen LogP contribution in [0.15, 0.2) is 128 Å². The molecule has 0 bridgehead atoms. The molecule has 0 atom stereocenters. The molecule has 2 heterocycles. The summed E-state index contributed by atoms with van der Waals surface area (Å²) in [5.41, 5.74) is 5.86. The standard InChI is InChI=1S/C36H22S2/c1-22(25-14-16-30-29-8-4-5-9-33(29)37-35(30)20-25)23-10-12-24(13-11-23)28-15-17-34-31(19-28)32-18-26-6-2-3-7-27(26)21-36(32)38-34/h2-21H,1H2. The van der Waals surface area contributed by atoms with Crippen LogP contribution in [0.3, 0.4) is 0 Å². The third kappa shape index (κ3) is 3.42. The van der Waals surface area contributed by atoms with Gasteiger partial charge in [-0.25, -0.2) is 0 Å². The molecule has 178 valence electrons. The predicted molar refractivity (Wildman–Crippen MR) is 170 cm³/mol. The van der Waals surface area contributed by atoms with Gasteiger partial charge in [-0.1, -0.05) is 91.5 Å². The van der Waals surface area contributed by atoms with Crippen LogP contribution in [0.2, 0.25) is 0 Å². The Morgan fingerprint density at radius 2 is 1.03 bits per heavy atom. The van der Waals surface area contributed by atoms with E-state index in [1.807, 2.05) is 22.7 Å². The van der Waals surface area contributed by atoms with Crippen molar-refractivity contribution in [1.82, 2.24) is 0 Å². The zero-order valence-electron chi connectivity index (χ0n) is 20.6. The van der Waals surface area contributed by atoms with Crippen molar-refractivity contribution in [1.29, 1.82) is 0 Å². The molecule has 2 aromatic heterocycles. The summed E-state index contributed by atoms with van der Waals surface area (Å²) < 4.78 is 5.32. The van der Waals surface area contributed by atoms with E-state index >= 15 is 0 Å². The summed E-state index contributed by atoms with van der Waals surface area (Å²) in [4.78, 5) is 0. The third-order valence-corrected chi connectivity index (χ3v) is 9.90. The molecular formula is C36H22S2. The lowest BCUT2D eigenvalue weighted by Gasteiger charge is -2.09. The summed E-state index contributed by atoms with van der Waals surface area (Å²) in [5.74, 6) is 0. The first-order chi connectivity index (χ1) is 18.7. The maximum absolute atomic E-state index is 4.46. The van der Waals surface area contributed by atoms with Crippen molar-refractivity contribution in [2.45, 2.75) is 0 Å². The quantitative estimate of drug-likeness (QED) is 0.218. The molecule has 6 aromatic carbocycles. The number of rotatable bonds is 3. The van der Waals surface area contributed by atoms with Crippen LogP contribution >= 0.6 is 22.7 Å². The Hall–Kier alpha value is -4.24. The smallest absolute Gasteiger partial charge is 0.0361 e. The van der Waals surface area contributed by atoms with E-state index < -0.39 is 0 Å². The second-order valence-corrected chi connectivity index (χ2v) is 12.0. The maximum atomic E-state index is 4.46. The zero-order valence-corrected chi connectivity index (χ0v) is 22.2. The monoisotopic (exact) mass is 518 g/mol. The van der Waals surface area contributed by atoms with E-state index in [0.717, 1.165) is 11.1 Å². The summed E-state index contributed by atoms with van der Waals surface area (Å²) >= 11 is 3.73. The van der Waals surface area contributed by atoms with E-state index in [9.17, 15) is 0 Å². The Morgan fingerprint density at radius 3 is 1.87 bits per heavy atom. The molecule has 0 radical (unpaired) electrons. The van der Waals surface area contributed by atoms with E-state index in [1.165, 1.54) is 67.8 Å². The van der Waals surface area contributed by atoms with Crippen LogP contribution in [0.1, 0.15) is 11.1 Å². The highest BCUT2D eigenvalue weighted by molar-refractivity contribution is 7.26. The Balaban J connectivity index is 1.15. The van der Waals surface area contributed by atoms with Crippen molar-refractivity contribution in [3.8, 4) is 11.1 Å². The third-order valence-electron chi connectivity index (χ3n) is 7.63. The van der Waals surface area contributed by atoms with Crippen molar-refractivity contribution in [3.05, 3.63) is 139 Å². The Labute approximate surface area is 228 Å². The first-order valence-corrected chi connectivity index (χ1v) is 14.4. The molecule has 0 saturated carbocycles. The molecule has 0 saturated heterocycles. The molecule has 2 heteroatoms. The minimum absolute atomic E-state index is 1.06. The Bertz CT molecular complexity index is 2190. The molecule has 0 nitrogen and oxygen atoms in total. The van der Waals surface area contributed by atoms with Crippen molar-refractivity contribution in [3.63, 3.8) is 0 Å². The average Bonchev–Trinajstić information content (AvgIpc) is 3.52. The van der Waals surface area contributed by atoms with Crippen molar-refractivity contribution in [2.24, 2.45) is 0 Å². The molecule has 0 spiro atoms. The fraction of sp³-hybridized carbons (Fsp3) is 0. The van der Waals surface area contributed by atoms with Gasteiger partial charge in [-0.3, -0.25) is 0 Å². The lowest BCUT2D eigenvalue weighted by Crippen LogP contribution is -1.87. The summed E-state index contributed by atoms with van der Waals surface area (Å²) in [6.07, 6.45) is 0. The normalized spacial score (nSPS) is 11.8. The van der Waals surface area contributed by atoms with Crippen LogP contribution in [-0.4, -0.2) is 0 Å². The number of hydrogen-bond acceptors (Lipinski definition) is 2. The van der Waals surface area contributed by atoms with E-state index in [4.69, 9.17) is 0 Å². The molecule has 0 amide bonds. The maximum Gasteiger partial charge on any atom is 0.0361 e. The molecule has 8 rings (SSSR count). The highest BCUT2D eigenvalue weighted by Gasteiger charge is 2.11. The molecule has 0 unspecified atom stereocenters. The Kier molecular flexibility index (Phi) is 4.81. The summed E-state index contributed by atoms with van der Waals surface area (Å²) in [5, 5.41) is 7.92. The minimum Gasteiger partial charge on any atom is -0.135 e. The van der Waals surface area contributed by atoms with Crippen LogP contribution in [0.25, 0.3) is 67.8 Å². The van der Waals surface area contributed by atoms with Gasteiger partial charge in [0.05, 0.1) is 0 Å². The van der Waals surface area contributed by atoms with Crippen LogP contribution in [-0.2, 0) is 0 Å². The Morgan fingerprint density at radius 1 is 0.421 bits per heavy atom. The highest BCUT2D eigenvalue weighted by Crippen LogP contribution is 2.39. The van der Waals surface area contributed by atoms with Gasteiger partial charge in [0.2, 0.25) is 0 Å². The summed E-state index contributed by atoms with van der Waals surface area (Å²) in [6.45, 7) is 4.46. The van der Waals surface area contributed by atoms with Gasteiger partial charge in [0, 0.05) is 40.3 Å². The van der Waals surface area contributed by atoms with Gasteiger partial charge in [0.1, 0.15) is 0 Å². The molecule has 0 N–H and O–H groups in total. The van der Waals surface area contributed by atoms with E-state index in [1.54, 1.807) is 0 Å². The molecule has 0 aliphatic carbocycles. The van der Waals surface area contributed by atoms with E-state index in [2.05, 4.69) is 128 Å². The second kappa shape index (κ2) is 8.39. The first kappa shape index (κ1) is 21.8. The lowest BCUT2D eigenvalue weighted by molar-refractivity contribution is 1.57. The molecule has 0 aliphatic rings. The fourth-order valence-corrected chi connectivity index (χ4v) is 7.85. The number of benzene rings is 6. The van der Waals surface area contributed by atoms with Crippen molar-refractivity contribution in [2.75, 3.05) is 0 Å². The molecule has 8 aromatic rings. The van der Waals surface area contributed by atoms with Crippen LogP contribution in [0.4, 0.5) is 0 Å². The number of hydrogen-bond donors (Lipinski definition) is 0. The highest BCUT2D eigenvalue weighted by atomic mass is 32.1. The van der Waals surface area contributed by atoms with Gasteiger partial charge in [-0.05, 0) is 75.0 Å². The van der Waals surface area contributed by atoms with Crippen LogP contribution in [0, 0.1) is 0 Å². The molecule has 0 aliphatic heterocycles. The summed E-state index contributed by atoms with van der Waals surface area (Å²) in [7, 11) is 0. The number of fused-ring (bicyclic) bond motifs is 7. The van der Waals surface area contributed by atoms with Crippen LogP contribution in [0.5, 0.6) is 0 Å². The summed E-state index contributed by atoms with van der Waals surface area (Å²) in [6, 6.07) is 44.4. The zero-order chi connectivity index (χ0) is 25.2.